The average molecular weight is 263 g/mol. The van der Waals surface area contributed by atoms with E-state index in [-0.39, 0.29) is 12.6 Å². The van der Waals surface area contributed by atoms with Gasteiger partial charge in [0.1, 0.15) is 6.61 Å². The van der Waals surface area contributed by atoms with Crippen LogP contribution < -0.4 is 4.90 Å². The lowest BCUT2D eigenvalue weighted by Crippen LogP contribution is -2.26. The molecule has 0 N–H and O–H groups in total. The summed E-state index contributed by atoms with van der Waals surface area (Å²) in [7, 11) is 0. The molecule has 0 aliphatic carbocycles. The highest BCUT2D eigenvalue weighted by Gasteiger charge is 2.32. The Kier molecular flexibility index (Phi) is 4.39. The van der Waals surface area contributed by atoms with Crippen molar-refractivity contribution in [2.75, 3.05) is 18.1 Å². The van der Waals surface area contributed by atoms with Crippen molar-refractivity contribution in [3.05, 3.63) is 30.3 Å². The topological polar surface area (TPSA) is 55.8 Å². The number of para-hydroxylation sites is 1. The number of benzene rings is 1. The number of ether oxygens (including phenoxy) is 2. The molecule has 19 heavy (non-hydrogen) atoms. The average Bonchev–Trinajstić information content (AvgIpc) is 2.79. The van der Waals surface area contributed by atoms with E-state index in [9.17, 15) is 9.59 Å². The van der Waals surface area contributed by atoms with Crippen LogP contribution in [0.4, 0.5) is 10.5 Å². The molecule has 1 aliphatic rings. The fourth-order valence-corrected chi connectivity index (χ4v) is 1.89. The van der Waals surface area contributed by atoms with E-state index in [1.165, 1.54) is 0 Å². The molecule has 0 bridgehead atoms. The molecule has 1 atom stereocenters. The molecule has 0 radical (unpaired) electrons. The summed E-state index contributed by atoms with van der Waals surface area (Å²) in [5.74, 6) is -0.253. The van der Waals surface area contributed by atoms with Crippen LogP contribution in [0.15, 0.2) is 30.3 Å². The number of cyclic esters (lactones) is 1. The van der Waals surface area contributed by atoms with Gasteiger partial charge in [-0.05, 0) is 18.6 Å². The van der Waals surface area contributed by atoms with Crippen molar-refractivity contribution < 1.29 is 19.1 Å². The van der Waals surface area contributed by atoms with Gasteiger partial charge in [-0.15, -0.1) is 0 Å². The van der Waals surface area contributed by atoms with Gasteiger partial charge >= 0.3 is 12.1 Å². The Morgan fingerprint density at radius 3 is 2.84 bits per heavy atom. The molecule has 1 heterocycles. The van der Waals surface area contributed by atoms with Crippen molar-refractivity contribution in [3.8, 4) is 0 Å². The maximum atomic E-state index is 11.7. The fraction of sp³-hybridized carbons (Fsp3) is 0.429. The minimum atomic E-state index is -0.400. The maximum absolute atomic E-state index is 11.7. The highest BCUT2D eigenvalue weighted by Crippen LogP contribution is 2.21. The lowest BCUT2D eigenvalue weighted by atomic mass is 10.3. The molecule has 0 saturated carbocycles. The summed E-state index contributed by atoms with van der Waals surface area (Å²) in [6.45, 7) is 2.43. The number of hydrogen-bond donors (Lipinski definition) is 0. The zero-order valence-electron chi connectivity index (χ0n) is 10.9. The van der Waals surface area contributed by atoms with Crippen LogP contribution >= 0.6 is 0 Å². The normalized spacial score (nSPS) is 18.3. The van der Waals surface area contributed by atoms with E-state index in [2.05, 4.69) is 0 Å². The van der Waals surface area contributed by atoms with Crippen molar-refractivity contribution in [1.29, 1.82) is 0 Å². The molecule has 1 aliphatic heterocycles. The molecular formula is C14H17NO4. The SMILES string of the molecule is CCCC(=O)OC[C@H]1CN(c2ccccc2)C(=O)O1. The van der Waals surface area contributed by atoms with E-state index in [1.807, 2.05) is 37.3 Å². The Morgan fingerprint density at radius 1 is 1.42 bits per heavy atom. The molecule has 1 fully saturated rings. The summed E-state index contributed by atoms with van der Waals surface area (Å²) in [4.78, 5) is 24.5. The van der Waals surface area contributed by atoms with E-state index in [4.69, 9.17) is 9.47 Å². The van der Waals surface area contributed by atoms with E-state index in [1.54, 1.807) is 4.90 Å². The van der Waals surface area contributed by atoms with Crippen LogP contribution in [-0.4, -0.2) is 31.3 Å². The van der Waals surface area contributed by atoms with Crippen LogP contribution in [0.25, 0.3) is 0 Å². The summed E-state index contributed by atoms with van der Waals surface area (Å²) in [6.07, 6.45) is 0.346. The molecule has 5 heteroatoms. The molecule has 2 rings (SSSR count). The van der Waals surface area contributed by atoms with Crippen LogP contribution in [0.3, 0.4) is 0 Å². The Hall–Kier alpha value is -2.04. The number of anilines is 1. The number of nitrogens with zero attached hydrogens (tertiary/aromatic N) is 1. The Bertz CT molecular complexity index is 446. The quantitative estimate of drug-likeness (QED) is 0.765. The van der Waals surface area contributed by atoms with Crippen molar-refractivity contribution in [1.82, 2.24) is 0 Å². The lowest BCUT2D eigenvalue weighted by molar-refractivity contribution is -0.146. The smallest absolute Gasteiger partial charge is 0.414 e. The Labute approximate surface area is 112 Å². The summed E-state index contributed by atoms with van der Waals surface area (Å²) in [5, 5.41) is 0. The number of amides is 1. The maximum Gasteiger partial charge on any atom is 0.414 e. The number of esters is 1. The van der Waals surface area contributed by atoms with E-state index < -0.39 is 12.2 Å². The van der Waals surface area contributed by atoms with Gasteiger partial charge in [0.05, 0.1) is 6.54 Å². The summed E-state index contributed by atoms with van der Waals surface area (Å²) in [5.41, 5.74) is 0.787. The van der Waals surface area contributed by atoms with Crippen molar-refractivity contribution in [3.63, 3.8) is 0 Å². The minimum Gasteiger partial charge on any atom is -0.462 e. The molecule has 102 valence electrons. The second kappa shape index (κ2) is 6.22. The minimum absolute atomic E-state index is 0.119. The third-order valence-corrected chi connectivity index (χ3v) is 2.83. The number of rotatable bonds is 5. The standard InChI is InChI=1S/C14H17NO4/c1-2-6-13(16)18-10-12-9-15(14(17)19-12)11-7-4-3-5-8-11/h3-5,7-8,12H,2,6,9-10H2,1H3/t12-/m1/s1. The molecule has 0 spiro atoms. The molecule has 5 nitrogen and oxygen atoms in total. The van der Waals surface area contributed by atoms with Crippen LogP contribution in [0, 0.1) is 0 Å². The summed E-state index contributed by atoms with van der Waals surface area (Å²) < 4.78 is 10.2. The van der Waals surface area contributed by atoms with Gasteiger partial charge in [-0.1, -0.05) is 25.1 Å². The second-order valence-electron chi connectivity index (χ2n) is 4.38. The molecule has 1 aromatic rings. The van der Waals surface area contributed by atoms with Gasteiger partial charge in [0.2, 0.25) is 0 Å². The molecule has 1 aromatic carbocycles. The molecule has 0 unspecified atom stereocenters. The lowest BCUT2D eigenvalue weighted by Gasteiger charge is -2.12. The first kappa shape index (κ1) is 13.4. The van der Waals surface area contributed by atoms with E-state index in [0.717, 1.165) is 12.1 Å². The van der Waals surface area contributed by atoms with Gasteiger partial charge in [0.15, 0.2) is 6.10 Å². The van der Waals surface area contributed by atoms with Crippen molar-refractivity contribution >= 4 is 17.7 Å². The van der Waals surface area contributed by atoms with Gasteiger partial charge in [-0.2, -0.15) is 0 Å². The molecule has 1 amide bonds. The highest BCUT2D eigenvalue weighted by molar-refractivity contribution is 5.89. The Balaban J connectivity index is 1.88. The van der Waals surface area contributed by atoms with E-state index in [0.29, 0.717) is 13.0 Å². The zero-order valence-corrected chi connectivity index (χ0v) is 10.9. The highest BCUT2D eigenvalue weighted by atomic mass is 16.6. The van der Waals surface area contributed by atoms with Gasteiger partial charge in [0, 0.05) is 12.1 Å². The monoisotopic (exact) mass is 263 g/mol. The van der Waals surface area contributed by atoms with E-state index >= 15 is 0 Å². The van der Waals surface area contributed by atoms with Gasteiger partial charge in [0.25, 0.3) is 0 Å². The molecule has 0 aromatic heterocycles. The van der Waals surface area contributed by atoms with Gasteiger partial charge < -0.3 is 9.47 Å². The first-order valence-corrected chi connectivity index (χ1v) is 6.39. The first-order valence-electron chi connectivity index (χ1n) is 6.39. The zero-order chi connectivity index (χ0) is 13.7. The summed E-state index contributed by atoms with van der Waals surface area (Å²) in [6, 6.07) is 9.28. The van der Waals surface area contributed by atoms with Crippen LogP contribution in [-0.2, 0) is 14.3 Å². The molecular weight excluding hydrogens is 246 g/mol. The van der Waals surface area contributed by atoms with Crippen LogP contribution in [0.1, 0.15) is 19.8 Å². The van der Waals surface area contributed by atoms with Gasteiger partial charge in [-0.25, -0.2) is 4.79 Å². The largest absolute Gasteiger partial charge is 0.462 e. The first-order chi connectivity index (χ1) is 9.20. The van der Waals surface area contributed by atoms with Crippen LogP contribution in [0.2, 0.25) is 0 Å². The number of hydrogen-bond acceptors (Lipinski definition) is 4. The van der Waals surface area contributed by atoms with Crippen LogP contribution in [0.5, 0.6) is 0 Å². The third-order valence-electron chi connectivity index (χ3n) is 2.83. The van der Waals surface area contributed by atoms with Gasteiger partial charge in [-0.3, -0.25) is 9.69 Å². The third kappa shape index (κ3) is 3.47. The predicted molar refractivity (Wildman–Crippen MR) is 69.9 cm³/mol. The number of carbonyl (C=O) groups excluding carboxylic acids is 2. The Morgan fingerprint density at radius 2 is 2.16 bits per heavy atom. The fourth-order valence-electron chi connectivity index (χ4n) is 1.89. The second-order valence-corrected chi connectivity index (χ2v) is 4.38. The predicted octanol–water partition coefficient (Wildman–Crippen LogP) is 2.36. The summed E-state index contributed by atoms with van der Waals surface area (Å²) >= 11 is 0. The number of carbonyl (C=O) groups is 2. The van der Waals surface area contributed by atoms with Crippen molar-refractivity contribution in [2.45, 2.75) is 25.9 Å². The molecule has 1 saturated heterocycles. The van der Waals surface area contributed by atoms with Crippen molar-refractivity contribution in [2.24, 2.45) is 0 Å².